The maximum atomic E-state index is 9.21. The Hall–Kier alpha value is -0.630. The van der Waals surface area contributed by atoms with Crippen molar-refractivity contribution < 1.29 is 5.11 Å². The molecule has 13 heavy (non-hydrogen) atoms. The summed E-state index contributed by atoms with van der Waals surface area (Å²) in [6, 6.07) is 0. The first-order valence-electron chi connectivity index (χ1n) is 4.92. The molecule has 0 rings (SSSR count). The fraction of sp³-hybridized carbons (Fsp3) is 0.727. The van der Waals surface area contributed by atoms with E-state index in [1.165, 1.54) is 0 Å². The van der Waals surface area contributed by atoms with Crippen LogP contribution in [0.15, 0.2) is 17.1 Å². The molecular weight excluding hydrogens is 162 g/mol. The van der Waals surface area contributed by atoms with Crippen LogP contribution in [0.25, 0.3) is 0 Å². The topological polar surface area (TPSA) is 32.6 Å². The van der Waals surface area contributed by atoms with Gasteiger partial charge in [-0.15, -0.1) is 0 Å². The van der Waals surface area contributed by atoms with E-state index in [2.05, 4.69) is 24.1 Å². The van der Waals surface area contributed by atoms with Crippen molar-refractivity contribution in [2.24, 2.45) is 10.9 Å². The highest BCUT2D eigenvalue weighted by Crippen LogP contribution is 2.08. The summed E-state index contributed by atoms with van der Waals surface area (Å²) in [4.78, 5) is 3.90. The van der Waals surface area contributed by atoms with E-state index >= 15 is 0 Å². The molecule has 0 heterocycles. The number of nitrogens with zero attached hydrogens (tertiary/aromatic N) is 1. The van der Waals surface area contributed by atoms with E-state index in [1.807, 2.05) is 13.1 Å². The molecule has 76 valence electrons. The van der Waals surface area contributed by atoms with Gasteiger partial charge in [0.1, 0.15) is 0 Å². The predicted molar refractivity (Wildman–Crippen MR) is 58.3 cm³/mol. The minimum Gasteiger partial charge on any atom is -0.393 e. The Kier molecular flexibility index (Phi) is 7.60. The van der Waals surface area contributed by atoms with Crippen LogP contribution in [0.2, 0.25) is 0 Å². The van der Waals surface area contributed by atoms with E-state index in [-0.39, 0.29) is 6.10 Å². The monoisotopic (exact) mass is 183 g/mol. The highest BCUT2D eigenvalue weighted by Gasteiger charge is 2.04. The quantitative estimate of drug-likeness (QED) is 0.383. The van der Waals surface area contributed by atoms with Crippen LogP contribution in [-0.4, -0.2) is 24.5 Å². The van der Waals surface area contributed by atoms with Gasteiger partial charge in [0.05, 0.1) is 6.10 Å². The van der Waals surface area contributed by atoms with Crippen molar-refractivity contribution in [3.8, 4) is 0 Å². The lowest BCUT2D eigenvalue weighted by atomic mass is 10.0. The average Bonchev–Trinajstić information content (AvgIpc) is 2.10. The molecular formula is C11H21NO. The second-order valence-corrected chi connectivity index (χ2v) is 3.44. The first-order chi connectivity index (χ1) is 6.18. The van der Waals surface area contributed by atoms with Gasteiger partial charge in [0.2, 0.25) is 0 Å². The van der Waals surface area contributed by atoms with E-state index in [1.54, 1.807) is 7.05 Å². The molecule has 0 aromatic carbocycles. The van der Waals surface area contributed by atoms with Crippen LogP contribution in [-0.2, 0) is 0 Å². The van der Waals surface area contributed by atoms with Gasteiger partial charge in [0.15, 0.2) is 0 Å². The molecule has 0 saturated heterocycles. The van der Waals surface area contributed by atoms with Crippen LogP contribution in [0.3, 0.4) is 0 Å². The van der Waals surface area contributed by atoms with Crippen LogP contribution in [0, 0.1) is 5.92 Å². The lowest BCUT2D eigenvalue weighted by Gasteiger charge is -2.10. The molecule has 0 aliphatic heterocycles. The summed E-state index contributed by atoms with van der Waals surface area (Å²) in [5.41, 5.74) is 0. The van der Waals surface area contributed by atoms with E-state index in [4.69, 9.17) is 0 Å². The summed E-state index contributed by atoms with van der Waals surface area (Å²) in [6.07, 6.45) is 9.02. The summed E-state index contributed by atoms with van der Waals surface area (Å²) in [7, 11) is 1.79. The SMILES string of the molecule is C/N=C\CC/C=C/C[C@@H](C)[C@H](C)O. The second kappa shape index (κ2) is 7.99. The zero-order chi connectivity index (χ0) is 10.1. The van der Waals surface area contributed by atoms with Gasteiger partial charge in [-0.3, -0.25) is 0 Å². The van der Waals surface area contributed by atoms with E-state index in [0.29, 0.717) is 5.92 Å². The maximum Gasteiger partial charge on any atom is 0.0540 e. The highest BCUT2D eigenvalue weighted by molar-refractivity contribution is 5.56. The fourth-order valence-corrected chi connectivity index (χ4v) is 0.926. The Morgan fingerprint density at radius 1 is 1.23 bits per heavy atom. The molecule has 2 heteroatoms. The van der Waals surface area contributed by atoms with Crippen LogP contribution >= 0.6 is 0 Å². The van der Waals surface area contributed by atoms with Gasteiger partial charge in [-0.05, 0) is 38.3 Å². The van der Waals surface area contributed by atoms with E-state index in [0.717, 1.165) is 19.3 Å². The van der Waals surface area contributed by atoms with Gasteiger partial charge in [0.25, 0.3) is 0 Å². The number of aliphatic hydroxyl groups is 1. The number of hydrogen-bond acceptors (Lipinski definition) is 2. The van der Waals surface area contributed by atoms with Gasteiger partial charge in [-0.25, -0.2) is 0 Å². The Morgan fingerprint density at radius 3 is 2.46 bits per heavy atom. The average molecular weight is 183 g/mol. The number of aliphatic imine (C=N–C) groups is 1. The van der Waals surface area contributed by atoms with Gasteiger partial charge in [-0.2, -0.15) is 0 Å². The Balaban J connectivity index is 3.40. The zero-order valence-electron chi connectivity index (χ0n) is 8.90. The van der Waals surface area contributed by atoms with Crippen molar-refractivity contribution in [2.75, 3.05) is 7.05 Å². The third kappa shape index (κ3) is 7.72. The third-order valence-electron chi connectivity index (χ3n) is 2.14. The third-order valence-corrected chi connectivity index (χ3v) is 2.14. The van der Waals surface area contributed by atoms with Crippen molar-refractivity contribution in [3.63, 3.8) is 0 Å². The van der Waals surface area contributed by atoms with Crippen LogP contribution in [0.4, 0.5) is 0 Å². The van der Waals surface area contributed by atoms with Gasteiger partial charge >= 0.3 is 0 Å². The van der Waals surface area contributed by atoms with Crippen molar-refractivity contribution in [1.82, 2.24) is 0 Å². The number of aliphatic hydroxyl groups excluding tert-OH is 1. The van der Waals surface area contributed by atoms with Crippen molar-refractivity contribution in [2.45, 2.75) is 39.2 Å². The molecule has 2 atom stereocenters. The van der Waals surface area contributed by atoms with Crippen LogP contribution in [0.1, 0.15) is 33.1 Å². The molecule has 0 radical (unpaired) electrons. The fourth-order valence-electron chi connectivity index (χ4n) is 0.926. The number of hydrogen-bond donors (Lipinski definition) is 1. The highest BCUT2D eigenvalue weighted by atomic mass is 16.3. The Bertz CT molecular complexity index is 161. The van der Waals surface area contributed by atoms with Crippen molar-refractivity contribution >= 4 is 6.21 Å². The minimum absolute atomic E-state index is 0.207. The lowest BCUT2D eigenvalue weighted by molar-refractivity contribution is 0.136. The minimum atomic E-state index is -0.207. The van der Waals surface area contributed by atoms with Crippen LogP contribution in [0.5, 0.6) is 0 Å². The molecule has 0 bridgehead atoms. The zero-order valence-corrected chi connectivity index (χ0v) is 8.90. The van der Waals surface area contributed by atoms with Gasteiger partial charge < -0.3 is 10.1 Å². The Morgan fingerprint density at radius 2 is 1.92 bits per heavy atom. The van der Waals surface area contributed by atoms with Gasteiger partial charge in [0, 0.05) is 7.05 Å². The van der Waals surface area contributed by atoms with Crippen LogP contribution < -0.4 is 0 Å². The summed E-state index contributed by atoms with van der Waals surface area (Å²) in [5, 5.41) is 9.21. The molecule has 0 spiro atoms. The summed E-state index contributed by atoms with van der Waals surface area (Å²) in [5.74, 6) is 0.357. The standard InChI is InChI=1S/C11H21NO/c1-10(11(2)13)8-6-4-5-7-9-12-3/h4,6,9-11,13H,5,7-8H2,1-3H3/b6-4+,12-9-/t10-,11+/m1/s1. The van der Waals surface area contributed by atoms with Crippen molar-refractivity contribution in [1.29, 1.82) is 0 Å². The summed E-state index contributed by atoms with van der Waals surface area (Å²) in [6.45, 7) is 3.89. The largest absolute Gasteiger partial charge is 0.393 e. The molecule has 0 saturated carbocycles. The number of rotatable bonds is 6. The molecule has 0 aromatic rings. The molecule has 0 aromatic heterocycles. The maximum absolute atomic E-state index is 9.21. The molecule has 0 aliphatic rings. The number of allylic oxidation sites excluding steroid dienone is 2. The normalized spacial score (nSPS) is 16.9. The number of unbranched alkanes of at least 4 members (excludes halogenated alkanes) is 1. The van der Waals surface area contributed by atoms with E-state index < -0.39 is 0 Å². The molecule has 0 amide bonds. The summed E-state index contributed by atoms with van der Waals surface area (Å²) >= 11 is 0. The molecule has 0 aliphatic carbocycles. The molecule has 0 fully saturated rings. The van der Waals surface area contributed by atoms with Crippen molar-refractivity contribution in [3.05, 3.63) is 12.2 Å². The molecule has 1 N–H and O–H groups in total. The predicted octanol–water partition coefficient (Wildman–Crippen LogP) is 2.43. The Labute approximate surface area is 81.4 Å². The lowest BCUT2D eigenvalue weighted by Crippen LogP contribution is -2.11. The molecule has 2 nitrogen and oxygen atoms in total. The smallest absolute Gasteiger partial charge is 0.0540 e. The summed E-state index contributed by atoms with van der Waals surface area (Å²) < 4.78 is 0. The first kappa shape index (κ1) is 12.4. The molecule has 0 unspecified atom stereocenters. The second-order valence-electron chi connectivity index (χ2n) is 3.44. The van der Waals surface area contributed by atoms with E-state index in [9.17, 15) is 5.11 Å². The first-order valence-corrected chi connectivity index (χ1v) is 4.92. The van der Waals surface area contributed by atoms with Gasteiger partial charge in [-0.1, -0.05) is 19.1 Å².